The van der Waals surface area contributed by atoms with Gasteiger partial charge in [0.15, 0.2) is 0 Å². The molecule has 0 aliphatic heterocycles. The number of rotatable bonds is 7. The first-order chi connectivity index (χ1) is 15.1. The highest BCUT2D eigenvalue weighted by molar-refractivity contribution is 5.81. The highest BCUT2D eigenvalue weighted by atomic mass is 16.5. The van der Waals surface area contributed by atoms with Crippen LogP contribution >= 0.6 is 0 Å². The Bertz CT molecular complexity index is 892. The van der Waals surface area contributed by atoms with E-state index in [4.69, 9.17) is 4.74 Å². The molecule has 0 saturated heterocycles. The second kappa shape index (κ2) is 8.66. The molecule has 3 fully saturated rings. The second-order valence-corrected chi connectivity index (χ2v) is 10.1. The maximum Gasteiger partial charge on any atom is 0.249 e. The molecular formula is C27H33NO3. The molecule has 4 heteroatoms. The van der Waals surface area contributed by atoms with Crippen molar-refractivity contribution in [2.75, 3.05) is 0 Å². The van der Waals surface area contributed by atoms with Gasteiger partial charge >= 0.3 is 0 Å². The van der Waals surface area contributed by atoms with Gasteiger partial charge in [0.05, 0.1) is 0 Å². The first-order valence-electron chi connectivity index (χ1n) is 11.8. The average molecular weight is 420 g/mol. The van der Waals surface area contributed by atoms with E-state index in [1.165, 1.54) is 25.7 Å². The SMILES string of the molecule is O=C(NCc1ccc(OCc2ccccc2)cc1)C(O)C12CC3CCCC(C1)C(C3)C2. The van der Waals surface area contributed by atoms with Crippen molar-refractivity contribution >= 4 is 5.91 Å². The Morgan fingerprint density at radius 2 is 1.77 bits per heavy atom. The number of nitrogens with one attached hydrogen (secondary N) is 1. The molecule has 0 radical (unpaired) electrons. The van der Waals surface area contributed by atoms with Crippen molar-refractivity contribution in [3.05, 3.63) is 65.7 Å². The molecule has 164 valence electrons. The summed E-state index contributed by atoms with van der Waals surface area (Å²) in [6, 6.07) is 17.9. The summed E-state index contributed by atoms with van der Waals surface area (Å²) in [7, 11) is 0. The van der Waals surface area contributed by atoms with Crippen molar-refractivity contribution < 1.29 is 14.6 Å². The van der Waals surface area contributed by atoms with E-state index in [2.05, 4.69) is 5.32 Å². The Morgan fingerprint density at radius 3 is 2.58 bits per heavy atom. The van der Waals surface area contributed by atoms with Crippen molar-refractivity contribution in [2.24, 2.45) is 23.2 Å². The third kappa shape index (κ3) is 4.36. The van der Waals surface area contributed by atoms with Crippen LogP contribution in [0.3, 0.4) is 0 Å². The Labute approximate surface area is 185 Å². The van der Waals surface area contributed by atoms with Crippen LogP contribution < -0.4 is 10.1 Å². The maximum atomic E-state index is 12.9. The highest BCUT2D eigenvalue weighted by Crippen LogP contribution is 2.61. The lowest BCUT2D eigenvalue weighted by atomic mass is 9.66. The number of fused-ring (bicyclic) bond motifs is 2. The number of carbonyl (C=O) groups is 1. The summed E-state index contributed by atoms with van der Waals surface area (Å²) >= 11 is 0. The van der Waals surface area contributed by atoms with Crippen LogP contribution in [-0.4, -0.2) is 17.1 Å². The zero-order valence-electron chi connectivity index (χ0n) is 18.1. The molecular weight excluding hydrogens is 386 g/mol. The minimum atomic E-state index is -0.880. The summed E-state index contributed by atoms with van der Waals surface area (Å²) in [6.07, 6.45) is 7.44. The Hall–Kier alpha value is -2.33. The lowest BCUT2D eigenvalue weighted by molar-refractivity contribution is -0.139. The average Bonchev–Trinajstić information content (AvgIpc) is 2.97. The smallest absolute Gasteiger partial charge is 0.249 e. The van der Waals surface area contributed by atoms with Gasteiger partial charge in [-0.1, -0.05) is 61.7 Å². The lowest BCUT2D eigenvalue weighted by Gasteiger charge is -2.40. The molecule has 2 N–H and O–H groups in total. The molecule has 5 rings (SSSR count). The van der Waals surface area contributed by atoms with E-state index >= 15 is 0 Å². The Balaban J connectivity index is 1.14. The summed E-state index contributed by atoms with van der Waals surface area (Å²) in [5.41, 5.74) is 1.96. The molecule has 3 saturated carbocycles. The van der Waals surface area contributed by atoms with Gasteiger partial charge in [-0.25, -0.2) is 0 Å². The van der Waals surface area contributed by atoms with Gasteiger partial charge in [-0.15, -0.1) is 0 Å². The van der Waals surface area contributed by atoms with Crippen LogP contribution in [0.25, 0.3) is 0 Å². The quantitative estimate of drug-likeness (QED) is 0.675. The van der Waals surface area contributed by atoms with Crippen LogP contribution in [0.5, 0.6) is 5.75 Å². The molecule has 2 aromatic carbocycles. The van der Waals surface area contributed by atoms with E-state index < -0.39 is 6.10 Å². The number of benzene rings is 2. The van der Waals surface area contributed by atoms with Crippen LogP contribution in [0.4, 0.5) is 0 Å². The largest absolute Gasteiger partial charge is 0.489 e. The van der Waals surface area contributed by atoms with E-state index in [0.717, 1.165) is 48.0 Å². The van der Waals surface area contributed by atoms with Gasteiger partial charge in [-0.05, 0) is 66.7 Å². The van der Waals surface area contributed by atoms with E-state index in [1.54, 1.807) is 0 Å². The number of aliphatic hydroxyl groups excluding tert-OH is 1. The molecule has 5 atom stereocenters. The van der Waals surface area contributed by atoms with Crippen molar-refractivity contribution in [1.82, 2.24) is 5.32 Å². The zero-order valence-corrected chi connectivity index (χ0v) is 18.1. The van der Waals surface area contributed by atoms with E-state index in [9.17, 15) is 9.90 Å². The fourth-order valence-corrected chi connectivity index (χ4v) is 6.56. The summed E-state index contributed by atoms with van der Waals surface area (Å²) in [5, 5.41) is 14.0. The molecule has 3 bridgehead atoms. The predicted molar refractivity (Wildman–Crippen MR) is 120 cm³/mol. The van der Waals surface area contributed by atoms with Crippen LogP contribution in [0.1, 0.15) is 56.1 Å². The third-order valence-corrected chi connectivity index (χ3v) is 7.99. The minimum Gasteiger partial charge on any atom is -0.489 e. The highest BCUT2D eigenvalue weighted by Gasteiger charge is 2.56. The minimum absolute atomic E-state index is 0.183. The second-order valence-electron chi connectivity index (χ2n) is 10.1. The van der Waals surface area contributed by atoms with Gasteiger partial charge in [0, 0.05) is 12.0 Å². The normalized spacial score (nSPS) is 29.9. The van der Waals surface area contributed by atoms with E-state index in [0.29, 0.717) is 19.1 Å². The monoisotopic (exact) mass is 419 g/mol. The maximum absolute atomic E-state index is 12.9. The number of hydrogen-bond donors (Lipinski definition) is 2. The molecule has 0 aromatic heterocycles. The van der Waals surface area contributed by atoms with Gasteiger partial charge in [0.25, 0.3) is 0 Å². The van der Waals surface area contributed by atoms with Gasteiger partial charge in [-0.2, -0.15) is 0 Å². The molecule has 31 heavy (non-hydrogen) atoms. The molecule has 3 aliphatic carbocycles. The summed E-state index contributed by atoms with van der Waals surface area (Å²) in [5.74, 6) is 2.76. The molecule has 5 unspecified atom stereocenters. The molecule has 0 heterocycles. The molecule has 3 aliphatic rings. The topological polar surface area (TPSA) is 58.6 Å². The van der Waals surface area contributed by atoms with Gasteiger partial charge in [-0.3, -0.25) is 4.79 Å². The lowest BCUT2D eigenvalue weighted by Crippen LogP contribution is -2.47. The predicted octanol–water partition coefficient (Wildman–Crippen LogP) is 4.85. The summed E-state index contributed by atoms with van der Waals surface area (Å²) in [4.78, 5) is 12.9. The Kier molecular flexibility index (Phi) is 5.75. The van der Waals surface area contributed by atoms with Crippen molar-refractivity contribution in [1.29, 1.82) is 0 Å². The van der Waals surface area contributed by atoms with Crippen molar-refractivity contribution in [2.45, 2.75) is 64.2 Å². The first kappa shape index (κ1) is 20.6. The molecule has 4 nitrogen and oxygen atoms in total. The van der Waals surface area contributed by atoms with Crippen molar-refractivity contribution in [3.8, 4) is 5.75 Å². The zero-order chi connectivity index (χ0) is 21.3. The number of ether oxygens (including phenoxy) is 1. The number of aliphatic hydroxyl groups is 1. The van der Waals surface area contributed by atoms with Crippen LogP contribution in [0, 0.1) is 23.2 Å². The molecule has 1 amide bonds. The van der Waals surface area contributed by atoms with Crippen LogP contribution in [0.15, 0.2) is 54.6 Å². The van der Waals surface area contributed by atoms with Crippen LogP contribution in [0.2, 0.25) is 0 Å². The number of hydrogen-bond acceptors (Lipinski definition) is 3. The number of carbonyl (C=O) groups excluding carboxylic acids is 1. The first-order valence-corrected chi connectivity index (χ1v) is 11.8. The molecule has 2 aromatic rings. The third-order valence-electron chi connectivity index (χ3n) is 7.99. The van der Waals surface area contributed by atoms with Gasteiger partial charge in [0.1, 0.15) is 18.5 Å². The summed E-state index contributed by atoms with van der Waals surface area (Å²) in [6.45, 7) is 0.968. The standard InChI is InChI=1S/C27H33NO3/c29-25(27-14-21-7-4-8-22(15-27)23(13-21)16-27)26(30)28-17-19-9-11-24(12-10-19)31-18-20-5-2-1-3-6-20/h1-3,5-6,9-12,21-23,25,29H,4,7-8,13-18H2,(H,28,30). The van der Waals surface area contributed by atoms with E-state index in [-0.39, 0.29) is 11.3 Å². The fraction of sp³-hybridized carbons (Fsp3) is 0.519. The van der Waals surface area contributed by atoms with Crippen LogP contribution in [-0.2, 0) is 17.9 Å². The Morgan fingerprint density at radius 1 is 1.00 bits per heavy atom. The fourth-order valence-electron chi connectivity index (χ4n) is 6.56. The number of amides is 1. The van der Waals surface area contributed by atoms with Gasteiger partial charge < -0.3 is 15.2 Å². The van der Waals surface area contributed by atoms with E-state index in [1.807, 2.05) is 54.6 Å². The summed E-state index contributed by atoms with van der Waals surface area (Å²) < 4.78 is 5.83. The van der Waals surface area contributed by atoms with Crippen molar-refractivity contribution in [3.63, 3.8) is 0 Å². The molecule has 0 spiro atoms. The van der Waals surface area contributed by atoms with Gasteiger partial charge in [0.2, 0.25) is 5.91 Å².